The number of hydrogen-bond donors (Lipinski definition) is 1. The molecule has 118 valence electrons. The average Bonchev–Trinajstić information content (AvgIpc) is 2.40. The van der Waals surface area contributed by atoms with Gasteiger partial charge in [0.1, 0.15) is 12.4 Å². The second kappa shape index (κ2) is 8.85. The fourth-order valence-corrected chi connectivity index (χ4v) is 1.64. The monoisotopic (exact) mass is 291 g/mol. The van der Waals surface area contributed by atoms with Gasteiger partial charge >= 0.3 is 0 Å². The van der Waals surface area contributed by atoms with Crippen LogP contribution in [0.15, 0.2) is 36.4 Å². The zero-order valence-electron chi connectivity index (χ0n) is 13.9. The first kappa shape index (κ1) is 17.7. The maximum Gasteiger partial charge on any atom is 0.119 e. The largest absolute Gasteiger partial charge is 0.491 e. The molecule has 21 heavy (non-hydrogen) atoms. The van der Waals surface area contributed by atoms with Gasteiger partial charge in [-0.2, -0.15) is 0 Å². The molecular weight excluding hydrogens is 262 g/mol. The van der Waals surface area contributed by atoms with Crippen LogP contribution >= 0.6 is 0 Å². The van der Waals surface area contributed by atoms with E-state index in [1.807, 2.05) is 19.1 Å². The Bertz CT molecular complexity index is 418. The Balaban J connectivity index is 2.20. The van der Waals surface area contributed by atoms with E-state index in [0.29, 0.717) is 13.2 Å². The molecule has 0 spiro atoms. The predicted octanol–water partition coefficient (Wildman–Crippen LogP) is 3.94. The standard InChI is InChI=1S/C18H29NO2/c1-15(2)10-11-20-12-13-21-17-8-6-16(7-9-17)14-19-18(3,4)5/h6-9,19H,1,10-14H2,2-5H3. The first-order valence-electron chi connectivity index (χ1n) is 7.56. The van der Waals surface area contributed by atoms with Crippen molar-refractivity contribution in [3.05, 3.63) is 42.0 Å². The third kappa shape index (κ3) is 9.27. The summed E-state index contributed by atoms with van der Waals surface area (Å²) >= 11 is 0. The van der Waals surface area contributed by atoms with E-state index in [-0.39, 0.29) is 5.54 Å². The van der Waals surface area contributed by atoms with Crippen molar-refractivity contribution in [2.45, 2.75) is 46.2 Å². The molecule has 0 amide bonds. The molecule has 3 nitrogen and oxygen atoms in total. The zero-order chi connectivity index (χ0) is 15.7. The van der Waals surface area contributed by atoms with E-state index >= 15 is 0 Å². The second-order valence-electron chi connectivity index (χ2n) is 6.42. The molecule has 0 aliphatic carbocycles. The Labute approximate surface area is 129 Å². The van der Waals surface area contributed by atoms with Gasteiger partial charge in [0.15, 0.2) is 0 Å². The van der Waals surface area contributed by atoms with Gasteiger partial charge in [0.05, 0.1) is 13.2 Å². The first-order chi connectivity index (χ1) is 9.87. The quantitative estimate of drug-likeness (QED) is 0.552. The molecule has 0 saturated heterocycles. The van der Waals surface area contributed by atoms with E-state index in [4.69, 9.17) is 9.47 Å². The normalized spacial score (nSPS) is 11.4. The van der Waals surface area contributed by atoms with Crippen LogP contribution in [-0.2, 0) is 11.3 Å². The highest BCUT2D eigenvalue weighted by atomic mass is 16.5. The second-order valence-corrected chi connectivity index (χ2v) is 6.42. The smallest absolute Gasteiger partial charge is 0.119 e. The fraction of sp³-hybridized carbons (Fsp3) is 0.556. The maximum absolute atomic E-state index is 5.65. The van der Waals surface area contributed by atoms with Gasteiger partial charge in [0.25, 0.3) is 0 Å². The molecule has 0 fully saturated rings. The molecular formula is C18H29NO2. The summed E-state index contributed by atoms with van der Waals surface area (Å²) in [6.45, 7) is 15.1. The molecule has 1 aromatic carbocycles. The number of ether oxygens (including phenoxy) is 2. The van der Waals surface area contributed by atoms with Gasteiger partial charge in [0, 0.05) is 12.1 Å². The zero-order valence-corrected chi connectivity index (χ0v) is 13.9. The molecule has 1 aromatic rings. The molecule has 1 N–H and O–H groups in total. The van der Waals surface area contributed by atoms with Crippen molar-refractivity contribution in [1.29, 1.82) is 0 Å². The molecule has 3 heteroatoms. The van der Waals surface area contributed by atoms with Crippen molar-refractivity contribution in [1.82, 2.24) is 5.32 Å². The van der Waals surface area contributed by atoms with Gasteiger partial charge in [-0.3, -0.25) is 0 Å². The van der Waals surface area contributed by atoms with Crippen molar-refractivity contribution in [3.63, 3.8) is 0 Å². The number of benzene rings is 1. The number of nitrogens with one attached hydrogen (secondary N) is 1. The highest BCUT2D eigenvalue weighted by Gasteiger charge is 2.08. The molecule has 0 aromatic heterocycles. The summed E-state index contributed by atoms with van der Waals surface area (Å²) in [5, 5.41) is 3.47. The van der Waals surface area contributed by atoms with E-state index in [2.05, 4.69) is 44.8 Å². The van der Waals surface area contributed by atoms with E-state index in [0.717, 1.165) is 30.9 Å². The summed E-state index contributed by atoms with van der Waals surface area (Å²) in [5.41, 5.74) is 2.54. The van der Waals surface area contributed by atoms with Crippen molar-refractivity contribution in [2.24, 2.45) is 0 Å². The Hall–Kier alpha value is -1.32. The van der Waals surface area contributed by atoms with Crippen LogP contribution in [-0.4, -0.2) is 25.4 Å². The summed E-state index contributed by atoms with van der Waals surface area (Å²) in [4.78, 5) is 0. The van der Waals surface area contributed by atoms with E-state index in [1.54, 1.807) is 0 Å². The minimum absolute atomic E-state index is 0.135. The molecule has 0 radical (unpaired) electrons. The van der Waals surface area contributed by atoms with Gasteiger partial charge in [0.2, 0.25) is 0 Å². The van der Waals surface area contributed by atoms with Crippen LogP contribution in [0.2, 0.25) is 0 Å². The molecule has 0 bridgehead atoms. The average molecular weight is 291 g/mol. The van der Waals surface area contributed by atoms with Crippen LogP contribution < -0.4 is 10.1 Å². The SMILES string of the molecule is C=C(C)CCOCCOc1ccc(CNC(C)(C)C)cc1. The lowest BCUT2D eigenvalue weighted by Crippen LogP contribution is -2.35. The lowest BCUT2D eigenvalue weighted by atomic mass is 10.1. The van der Waals surface area contributed by atoms with Gasteiger partial charge < -0.3 is 14.8 Å². The third-order valence-corrected chi connectivity index (χ3v) is 2.92. The van der Waals surface area contributed by atoms with Gasteiger partial charge in [-0.1, -0.05) is 17.7 Å². The van der Waals surface area contributed by atoms with E-state index in [1.165, 1.54) is 5.56 Å². The van der Waals surface area contributed by atoms with Crippen molar-refractivity contribution in [2.75, 3.05) is 19.8 Å². The fourth-order valence-electron chi connectivity index (χ4n) is 1.64. The topological polar surface area (TPSA) is 30.5 Å². The Morgan fingerprint density at radius 1 is 1.10 bits per heavy atom. The summed E-state index contributed by atoms with van der Waals surface area (Å²) in [6.07, 6.45) is 0.912. The van der Waals surface area contributed by atoms with Crippen molar-refractivity contribution < 1.29 is 9.47 Å². The highest BCUT2D eigenvalue weighted by Crippen LogP contribution is 2.13. The van der Waals surface area contributed by atoms with Gasteiger partial charge in [-0.15, -0.1) is 6.58 Å². The summed E-state index contributed by atoms with van der Waals surface area (Å²) in [7, 11) is 0. The molecule has 0 unspecified atom stereocenters. The molecule has 0 saturated carbocycles. The molecule has 0 aliphatic rings. The van der Waals surface area contributed by atoms with Crippen LogP contribution in [0.1, 0.15) is 39.7 Å². The molecule has 0 aliphatic heterocycles. The Morgan fingerprint density at radius 2 is 1.76 bits per heavy atom. The van der Waals surface area contributed by atoms with Gasteiger partial charge in [-0.05, 0) is 51.8 Å². The van der Waals surface area contributed by atoms with Crippen LogP contribution in [0.25, 0.3) is 0 Å². The molecule has 0 atom stereocenters. The van der Waals surface area contributed by atoms with Crippen molar-refractivity contribution >= 4 is 0 Å². The third-order valence-electron chi connectivity index (χ3n) is 2.92. The predicted molar refractivity (Wildman–Crippen MR) is 88.8 cm³/mol. The first-order valence-corrected chi connectivity index (χ1v) is 7.56. The summed E-state index contributed by atoms with van der Waals surface area (Å²) in [6, 6.07) is 8.20. The van der Waals surface area contributed by atoms with E-state index < -0.39 is 0 Å². The lowest BCUT2D eigenvalue weighted by Gasteiger charge is -2.20. The maximum atomic E-state index is 5.65. The Kier molecular flexibility index (Phi) is 7.48. The van der Waals surface area contributed by atoms with Crippen LogP contribution in [0.3, 0.4) is 0 Å². The highest BCUT2D eigenvalue weighted by molar-refractivity contribution is 5.27. The molecule has 0 heterocycles. The lowest BCUT2D eigenvalue weighted by molar-refractivity contribution is 0.102. The number of hydrogen-bond acceptors (Lipinski definition) is 3. The summed E-state index contributed by atoms with van der Waals surface area (Å²) in [5.74, 6) is 0.887. The van der Waals surface area contributed by atoms with E-state index in [9.17, 15) is 0 Å². The summed E-state index contributed by atoms with van der Waals surface area (Å²) < 4.78 is 11.1. The van der Waals surface area contributed by atoms with Crippen molar-refractivity contribution in [3.8, 4) is 5.75 Å². The minimum atomic E-state index is 0.135. The van der Waals surface area contributed by atoms with Crippen LogP contribution in [0.5, 0.6) is 5.75 Å². The van der Waals surface area contributed by atoms with Crippen LogP contribution in [0.4, 0.5) is 0 Å². The Morgan fingerprint density at radius 3 is 2.33 bits per heavy atom. The number of rotatable bonds is 9. The minimum Gasteiger partial charge on any atom is -0.491 e. The molecule has 1 rings (SSSR count). The van der Waals surface area contributed by atoms with Crippen LogP contribution in [0, 0.1) is 0 Å². The van der Waals surface area contributed by atoms with Gasteiger partial charge in [-0.25, -0.2) is 0 Å².